The van der Waals surface area contributed by atoms with Gasteiger partial charge in [-0.15, -0.1) is 0 Å². The van der Waals surface area contributed by atoms with Crippen LogP contribution in [0.25, 0.3) is 0 Å². The van der Waals surface area contributed by atoms with Gasteiger partial charge < -0.3 is 15.6 Å². The lowest BCUT2D eigenvalue weighted by Gasteiger charge is -2.29. The van der Waals surface area contributed by atoms with Crippen LogP contribution in [-0.4, -0.2) is 39.9 Å². The zero-order valence-corrected chi connectivity index (χ0v) is 9.64. The largest absolute Gasteiger partial charge is 0.370 e. The number of rotatable bonds is 1. The van der Waals surface area contributed by atoms with Crippen molar-refractivity contribution in [2.45, 2.75) is 18.5 Å². The molecule has 1 aromatic heterocycles. The van der Waals surface area contributed by atoms with Crippen LogP contribution in [0.4, 0.5) is 0 Å². The number of likely N-dealkylation sites (tertiary alicyclic amines) is 1. The minimum atomic E-state index is -1.15. The summed E-state index contributed by atoms with van der Waals surface area (Å²) in [5.41, 5.74) is 4.84. The highest BCUT2D eigenvalue weighted by molar-refractivity contribution is 6.09. The van der Waals surface area contributed by atoms with Gasteiger partial charge in [-0.05, 0) is 18.6 Å². The van der Waals surface area contributed by atoms with Gasteiger partial charge in [-0.25, -0.2) is 4.99 Å². The molecule has 1 unspecified atom stereocenters. The minimum Gasteiger partial charge on any atom is -0.370 e. The first kappa shape index (κ1) is 10.8. The van der Waals surface area contributed by atoms with E-state index in [1.165, 1.54) is 4.90 Å². The van der Waals surface area contributed by atoms with Crippen molar-refractivity contribution < 1.29 is 9.59 Å². The molecule has 18 heavy (non-hydrogen) atoms. The number of carbonyl (C=O) groups is 2. The number of hydrogen-bond acceptors (Lipinski definition) is 4. The number of carbonyl (C=O) groups excluding carboxylic acids is 2. The van der Waals surface area contributed by atoms with E-state index in [1.54, 1.807) is 18.3 Å². The fourth-order valence-corrected chi connectivity index (χ4v) is 2.53. The van der Waals surface area contributed by atoms with Crippen LogP contribution in [0.5, 0.6) is 0 Å². The Balaban J connectivity index is 1.97. The van der Waals surface area contributed by atoms with Crippen LogP contribution in [-0.2, 0) is 4.79 Å². The maximum absolute atomic E-state index is 12.3. The van der Waals surface area contributed by atoms with Gasteiger partial charge in [0.2, 0.25) is 5.66 Å². The van der Waals surface area contributed by atoms with E-state index in [0.29, 0.717) is 18.7 Å². The molecule has 0 saturated carbocycles. The Morgan fingerprint density at radius 3 is 3.00 bits per heavy atom. The first-order valence-corrected chi connectivity index (χ1v) is 5.76. The second-order valence-corrected chi connectivity index (χ2v) is 4.41. The van der Waals surface area contributed by atoms with Crippen molar-refractivity contribution in [1.82, 2.24) is 15.2 Å². The third kappa shape index (κ3) is 1.33. The van der Waals surface area contributed by atoms with Crippen molar-refractivity contribution in [3.8, 4) is 0 Å². The highest BCUT2D eigenvalue weighted by atomic mass is 16.2. The molecule has 0 bridgehead atoms. The predicted octanol–water partition coefficient (Wildman–Crippen LogP) is -0.609. The number of hydrogen-bond donors (Lipinski definition) is 3. The number of nitrogens with one attached hydrogen (secondary N) is 2. The fourth-order valence-electron chi connectivity index (χ4n) is 2.53. The second-order valence-electron chi connectivity index (χ2n) is 4.41. The number of aromatic amines is 1. The molecule has 1 aromatic rings. The van der Waals surface area contributed by atoms with Crippen LogP contribution in [0.15, 0.2) is 23.3 Å². The summed E-state index contributed by atoms with van der Waals surface area (Å²) in [6, 6.07) is 3.41. The van der Waals surface area contributed by atoms with Crippen LogP contribution in [0, 0.1) is 0 Å². The molecular weight excluding hydrogens is 234 g/mol. The number of aliphatic imine (C=N–C) groups is 1. The maximum atomic E-state index is 12.3. The van der Waals surface area contributed by atoms with Crippen molar-refractivity contribution in [3.05, 3.63) is 24.0 Å². The molecule has 1 spiro atoms. The molecule has 7 nitrogen and oxygen atoms in total. The summed E-state index contributed by atoms with van der Waals surface area (Å²) < 4.78 is 0. The Morgan fingerprint density at radius 1 is 1.56 bits per heavy atom. The number of guanidine groups is 1. The zero-order chi connectivity index (χ0) is 12.8. The number of H-pyrrole nitrogens is 1. The quantitative estimate of drug-likeness (QED) is 0.616. The molecule has 3 rings (SSSR count). The fraction of sp³-hybridized carbons (Fsp3) is 0.364. The van der Waals surface area contributed by atoms with Crippen molar-refractivity contribution in [1.29, 1.82) is 0 Å². The van der Waals surface area contributed by atoms with Gasteiger partial charge in [0.1, 0.15) is 5.69 Å². The molecule has 2 amide bonds. The molecule has 7 heteroatoms. The Kier molecular flexibility index (Phi) is 2.16. The smallest absolute Gasteiger partial charge is 0.275 e. The monoisotopic (exact) mass is 247 g/mol. The van der Waals surface area contributed by atoms with Gasteiger partial charge >= 0.3 is 0 Å². The summed E-state index contributed by atoms with van der Waals surface area (Å²) in [5, 5.41) is 2.46. The van der Waals surface area contributed by atoms with E-state index >= 15 is 0 Å². The first-order chi connectivity index (χ1) is 8.63. The van der Waals surface area contributed by atoms with Gasteiger partial charge in [0.15, 0.2) is 5.96 Å². The summed E-state index contributed by atoms with van der Waals surface area (Å²) in [7, 11) is 0. The molecule has 0 radical (unpaired) electrons. The highest BCUT2D eigenvalue weighted by Gasteiger charge is 2.53. The molecule has 2 aliphatic heterocycles. The van der Waals surface area contributed by atoms with Crippen LogP contribution < -0.4 is 11.1 Å². The first-order valence-electron chi connectivity index (χ1n) is 5.76. The third-order valence-corrected chi connectivity index (χ3v) is 3.34. The van der Waals surface area contributed by atoms with Gasteiger partial charge in [0.25, 0.3) is 11.8 Å². The maximum Gasteiger partial charge on any atom is 0.275 e. The SMILES string of the molecule is NC1=NC2(CCCN2C(=O)c2ccc[nH]2)C(=O)N1. The summed E-state index contributed by atoms with van der Waals surface area (Å²) in [6.45, 7) is 0.502. The van der Waals surface area contributed by atoms with Crippen LogP contribution in [0.1, 0.15) is 23.3 Å². The van der Waals surface area contributed by atoms with Crippen molar-refractivity contribution in [3.63, 3.8) is 0 Å². The summed E-state index contributed by atoms with van der Waals surface area (Å²) in [6.07, 6.45) is 2.91. The van der Waals surface area contributed by atoms with Crippen molar-refractivity contribution in [2.24, 2.45) is 10.7 Å². The number of nitrogens with two attached hydrogens (primary N) is 1. The highest BCUT2D eigenvalue weighted by Crippen LogP contribution is 2.34. The topological polar surface area (TPSA) is 104 Å². The molecule has 0 aromatic carbocycles. The molecule has 0 aliphatic carbocycles. The van der Waals surface area contributed by atoms with Gasteiger partial charge in [0.05, 0.1) is 0 Å². The van der Waals surface area contributed by atoms with E-state index in [1.807, 2.05) is 0 Å². The summed E-state index contributed by atoms with van der Waals surface area (Å²) in [5.74, 6) is -0.477. The van der Waals surface area contributed by atoms with Crippen LogP contribution in [0.3, 0.4) is 0 Å². The average Bonchev–Trinajstić information content (AvgIpc) is 3.01. The third-order valence-electron chi connectivity index (χ3n) is 3.34. The Hall–Kier alpha value is -2.31. The van der Waals surface area contributed by atoms with E-state index in [2.05, 4.69) is 15.3 Å². The lowest BCUT2D eigenvalue weighted by molar-refractivity contribution is -0.127. The van der Waals surface area contributed by atoms with Gasteiger partial charge in [0, 0.05) is 19.2 Å². The van der Waals surface area contributed by atoms with E-state index in [-0.39, 0.29) is 17.8 Å². The lowest BCUT2D eigenvalue weighted by Crippen LogP contribution is -2.52. The van der Waals surface area contributed by atoms with Crippen molar-refractivity contribution in [2.75, 3.05) is 6.54 Å². The normalized spacial score (nSPS) is 26.6. The molecule has 1 fully saturated rings. The van der Waals surface area contributed by atoms with Gasteiger partial charge in [-0.1, -0.05) is 0 Å². The van der Waals surface area contributed by atoms with Gasteiger partial charge in [-0.2, -0.15) is 0 Å². The Bertz CT molecular complexity index is 536. The molecule has 4 N–H and O–H groups in total. The summed E-state index contributed by atoms with van der Waals surface area (Å²) >= 11 is 0. The summed E-state index contributed by atoms with van der Waals surface area (Å²) in [4.78, 5) is 32.8. The van der Waals surface area contributed by atoms with E-state index in [4.69, 9.17) is 5.73 Å². The molecular formula is C11H13N5O2. The second kappa shape index (κ2) is 3.59. The molecule has 1 saturated heterocycles. The number of aromatic nitrogens is 1. The minimum absolute atomic E-state index is 0.0752. The Labute approximate surface area is 103 Å². The molecule has 2 aliphatic rings. The number of amides is 2. The lowest BCUT2D eigenvalue weighted by atomic mass is 10.1. The predicted molar refractivity (Wildman–Crippen MR) is 63.6 cm³/mol. The zero-order valence-electron chi connectivity index (χ0n) is 9.64. The standard InChI is InChI=1S/C11H13N5O2/c12-10-14-9(18)11(15-10)4-2-6-16(11)8(17)7-3-1-5-13-7/h1,3,5,13H,2,4,6H2,(H3,12,14,15,18). The van der Waals surface area contributed by atoms with E-state index in [0.717, 1.165) is 6.42 Å². The Morgan fingerprint density at radius 2 is 2.39 bits per heavy atom. The van der Waals surface area contributed by atoms with Crippen molar-refractivity contribution >= 4 is 17.8 Å². The number of nitrogens with zero attached hydrogens (tertiary/aromatic N) is 2. The van der Waals surface area contributed by atoms with E-state index in [9.17, 15) is 9.59 Å². The molecule has 94 valence electrons. The average molecular weight is 247 g/mol. The molecule has 1 atom stereocenters. The van der Waals surface area contributed by atoms with Crippen LogP contribution >= 0.6 is 0 Å². The molecule has 3 heterocycles. The van der Waals surface area contributed by atoms with E-state index < -0.39 is 5.66 Å². The van der Waals surface area contributed by atoms with Crippen LogP contribution in [0.2, 0.25) is 0 Å². The van der Waals surface area contributed by atoms with Gasteiger partial charge in [-0.3, -0.25) is 14.9 Å².